The Hall–Kier alpha value is -2.25. The van der Waals surface area contributed by atoms with Crippen LogP contribution in [-0.2, 0) is 5.41 Å². The van der Waals surface area contributed by atoms with Crippen LogP contribution < -0.4 is 0 Å². The first-order chi connectivity index (χ1) is 11.4. The van der Waals surface area contributed by atoms with Gasteiger partial charge in [0.15, 0.2) is 0 Å². The fourth-order valence-electron chi connectivity index (χ4n) is 3.28. The van der Waals surface area contributed by atoms with Crippen molar-refractivity contribution in [3.8, 4) is 11.1 Å². The van der Waals surface area contributed by atoms with E-state index < -0.39 is 0 Å². The maximum Gasteiger partial charge on any atom is 0.136 e. The van der Waals surface area contributed by atoms with Crippen LogP contribution in [-0.4, -0.2) is 0 Å². The second-order valence-electron chi connectivity index (χ2n) is 7.22. The lowest BCUT2D eigenvalue weighted by Crippen LogP contribution is -2.11. The molecule has 4 aromatic rings. The van der Waals surface area contributed by atoms with E-state index in [1.165, 1.54) is 11.1 Å². The van der Waals surface area contributed by atoms with Gasteiger partial charge in [-0.3, -0.25) is 0 Å². The van der Waals surface area contributed by atoms with Crippen molar-refractivity contribution in [2.24, 2.45) is 0 Å². The molecule has 0 spiro atoms. The van der Waals surface area contributed by atoms with Crippen molar-refractivity contribution in [2.45, 2.75) is 26.2 Å². The summed E-state index contributed by atoms with van der Waals surface area (Å²) in [6.45, 7) is 6.56. The molecule has 0 N–H and O–H groups in total. The Bertz CT molecular complexity index is 1050. The van der Waals surface area contributed by atoms with E-state index in [9.17, 15) is 0 Å². The lowest BCUT2D eigenvalue weighted by molar-refractivity contribution is 0.591. The Morgan fingerprint density at radius 2 is 1.58 bits per heavy atom. The Balaban J connectivity index is 2.04. The van der Waals surface area contributed by atoms with Gasteiger partial charge < -0.3 is 4.42 Å². The molecule has 0 radical (unpaired) electrons. The number of fused-ring (bicyclic) bond motifs is 3. The van der Waals surface area contributed by atoms with E-state index in [1.807, 2.05) is 30.3 Å². The van der Waals surface area contributed by atoms with Gasteiger partial charge in [-0.05, 0) is 46.4 Å². The summed E-state index contributed by atoms with van der Waals surface area (Å²) in [6, 6.07) is 20.7. The summed E-state index contributed by atoms with van der Waals surface area (Å²) in [4.78, 5) is 0. The van der Waals surface area contributed by atoms with Gasteiger partial charge in [0, 0.05) is 15.8 Å². The van der Waals surface area contributed by atoms with Gasteiger partial charge in [0.1, 0.15) is 11.2 Å². The predicted octanol–water partition coefficient (Wildman–Crippen LogP) is 7.20. The normalized spacial score (nSPS) is 12.2. The summed E-state index contributed by atoms with van der Waals surface area (Å²) < 4.78 is 6.01. The van der Waals surface area contributed by atoms with E-state index in [1.54, 1.807) is 0 Å². The van der Waals surface area contributed by atoms with Gasteiger partial charge in [-0.25, -0.2) is 0 Å². The quantitative estimate of drug-likeness (QED) is 0.358. The summed E-state index contributed by atoms with van der Waals surface area (Å²) in [5.41, 5.74) is 5.35. The molecule has 1 aromatic heterocycles. The zero-order valence-corrected chi connectivity index (χ0v) is 14.8. The third-order valence-electron chi connectivity index (χ3n) is 4.49. The first kappa shape index (κ1) is 15.3. The molecule has 0 fully saturated rings. The van der Waals surface area contributed by atoms with E-state index in [-0.39, 0.29) is 5.41 Å². The molecule has 3 aromatic carbocycles. The molecule has 0 atom stereocenters. The molecule has 0 aliphatic carbocycles. The molecule has 0 saturated carbocycles. The zero-order chi connectivity index (χ0) is 16.9. The molecule has 0 unspecified atom stereocenters. The molecule has 0 amide bonds. The fraction of sp³-hybridized carbons (Fsp3) is 0.182. The molecule has 0 bridgehead atoms. The van der Waals surface area contributed by atoms with Crippen LogP contribution in [0.2, 0.25) is 5.02 Å². The molecule has 4 rings (SSSR count). The van der Waals surface area contributed by atoms with Crippen molar-refractivity contribution in [1.29, 1.82) is 0 Å². The lowest BCUT2D eigenvalue weighted by Gasteiger charge is -2.21. The molecule has 1 nitrogen and oxygen atoms in total. The van der Waals surface area contributed by atoms with Crippen LogP contribution in [0.3, 0.4) is 0 Å². The third kappa shape index (κ3) is 2.40. The van der Waals surface area contributed by atoms with Gasteiger partial charge in [-0.1, -0.05) is 68.8 Å². The summed E-state index contributed by atoms with van der Waals surface area (Å²) in [6.07, 6.45) is 0. The molecule has 0 aliphatic heterocycles. The Morgan fingerprint density at radius 3 is 2.38 bits per heavy atom. The zero-order valence-electron chi connectivity index (χ0n) is 14.1. The first-order valence-corrected chi connectivity index (χ1v) is 8.53. The second kappa shape index (κ2) is 5.39. The Kier molecular flexibility index (Phi) is 3.43. The minimum absolute atomic E-state index is 0.000542. The fourth-order valence-corrected chi connectivity index (χ4v) is 3.68. The van der Waals surface area contributed by atoms with Crippen LogP contribution in [0.25, 0.3) is 33.1 Å². The Morgan fingerprint density at radius 1 is 0.833 bits per heavy atom. The average molecular weight is 335 g/mol. The molecule has 0 aliphatic rings. The topological polar surface area (TPSA) is 13.1 Å². The predicted molar refractivity (Wildman–Crippen MR) is 103 cm³/mol. The van der Waals surface area contributed by atoms with Gasteiger partial charge in [0.25, 0.3) is 0 Å². The van der Waals surface area contributed by atoms with E-state index in [4.69, 9.17) is 16.0 Å². The highest BCUT2D eigenvalue weighted by molar-refractivity contribution is 6.31. The average Bonchev–Trinajstić information content (AvgIpc) is 2.93. The maximum atomic E-state index is 6.44. The smallest absolute Gasteiger partial charge is 0.136 e. The van der Waals surface area contributed by atoms with Crippen molar-refractivity contribution in [3.63, 3.8) is 0 Å². The molecule has 120 valence electrons. The van der Waals surface area contributed by atoms with Gasteiger partial charge in [-0.15, -0.1) is 0 Å². The number of benzene rings is 3. The van der Waals surface area contributed by atoms with Crippen molar-refractivity contribution in [2.75, 3.05) is 0 Å². The molecular weight excluding hydrogens is 316 g/mol. The second-order valence-corrected chi connectivity index (χ2v) is 7.63. The van der Waals surface area contributed by atoms with E-state index >= 15 is 0 Å². The summed E-state index contributed by atoms with van der Waals surface area (Å²) >= 11 is 6.44. The van der Waals surface area contributed by atoms with Crippen molar-refractivity contribution >= 4 is 33.5 Å². The third-order valence-corrected chi connectivity index (χ3v) is 4.82. The van der Waals surface area contributed by atoms with Crippen LogP contribution >= 0.6 is 11.6 Å². The Labute approximate surface area is 146 Å². The van der Waals surface area contributed by atoms with Crippen molar-refractivity contribution in [3.05, 3.63) is 71.2 Å². The van der Waals surface area contributed by atoms with Crippen LogP contribution in [0, 0.1) is 0 Å². The van der Waals surface area contributed by atoms with Crippen LogP contribution in [0.15, 0.2) is 65.1 Å². The monoisotopic (exact) mass is 334 g/mol. The summed E-state index contributed by atoms with van der Waals surface area (Å²) in [5.74, 6) is 0. The van der Waals surface area contributed by atoms with E-state index in [0.717, 1.165) is 32.5 Å². The van der Waals surface area contributed by atoms with Crippen molar-refractivity contribution in [1.82, 2.24) is 0 Å². The molecular formula is C22H19ClO. The molecule has 2 heteroatoms. The number of hydrogen-bond donors (Lipinski definition) is 0. The molecule has 0 saturated heterocycles. The van der Waals surface area contributed by atoms with Gasteiger partial charge in [0.2, 0.25) is 0 Å². The number of para-hydroxylation sites is 1. The highest BCUT2D eigenvalue weighted by Gasteiger charge is 2.19. The molecule has 1 heterocycles. The minimum Gasteiger partial charge on any atom is -0.456 e. The van der Waals surface area contributed by atoms with Crippen molar-refractivity contribution < 1.29 is 4.42 Å². The van der Waals surface area contributed by atoms with E-state index in [2.05, 4.69) is 51.1 Å². The first-order valence-electron chi connectivity index (χ1n) is 8.16. The van der Waals surface area contributed by atoms with Crippen LogP contribution in [0.5, 0.6) is 0 Å². The summed E-state index contributed by atoms with van der Waals surface area (Å²) in [5, 5.41) is 3.13. The standard InChI is InChI=1S/C22H19ClO/c1-22(2,3)17-13-14(11-12-18(17)23)15-8-6-10-20-21(15)16-7-4-5-9-19(16)24-20/h4-13H,1-3H3. The van der Waals surface area contributed by atoms with Gasteiger partial charge >= 0.3 is 0 Å². The number of halogens is 1. The lowest BCUT2D eigenvalue weighted by atomic mass is 9.85. The SMILES string of the molecule is CC(C)(C)c1cc(-c2cccc3oc4ccccc4c23)ccc1Cl. The highest BCUT2D eigenvalue weighted by Crippen LogP contribution is 2.39. The van der Waals surface area contributed by atoms with Crippen LogP contribution in [0.1, 0.15) is 26.3 Å². The van der Waals surface area contributed by atoms with Gasteiger partial charge in [-0.2, -0.15) is 0 Å². The largest absolute Gasteiger partial charge is 0.456 e. The number of furan rings is 1. The highest BCUT2D eigenvalue weighted by atomic mass is 35.5. The van der Waals surface area contributed by atoms with Crippen LogP contribution in [0.4, 0.5) is 0 Å². The minimum atomic E-state index is -0.000542. The molecule has 24 heavy (non-hydrogen) atoms. The number of rotatable bonds is 1. The van der Waals surface area contributed by atoms with Gasteiger partial charge in [0.05, 0.1) is 0 Å². The van der Waals surface area contributed by atoms with E-state index in [0.29, 0.717) is 0 Å². The maximum absolute atomic E-state index is 6.44. The number of hydrogen-bond acceptors (Lipinski definition) is 1. The summed E-state index contributed by atoms with van der Waals surface area (Å²) in [7, 11) is 0.